The van der Waals surface area contributed by atoms with Crippen molar-refractivity contribution in [1.29, 1.82) is 0 Å². The fourth-order valence-electron chi connectivity index (χ4n) is 3.43. The predicted molar refractivity (Wildman–Crippen MR) is 95.2 cm³/mol. The largest absolute Gasteiger partial charge is 0.497 e. The number of nitrogens with two attached hydrogens (primary N) is 1. The summed E-state index contributed by atoms with van der Waals surface area (Å²) >= 11 is 0. The lowest BCUT2D eigenvalue weighted by Crippen LogP contribution is -2.43. The minimum Gasteiger partial charge on any atom is -0.497 e. The van der Waals surface area contributed by atoms with Crippen LogP contribution in [0.25, 0.3) is 10.9 Å². The van der Waals surface area contributed by atoms with Crippen molar-refractivity contribution < 1.29 is 4.74 Å². The molecule has 1 aromatic carbocycles. The third kappa shape index (κ3) is 3.86. The molecular weight excluding hydrogens is 288 g/mol. The van der Waals surface area contributed by atoms with Crippen molar-refractivity contribution in [3.05, 3.63) is 30.0 Å². The van der Waals surface area contributed by atoms with E-state index in [1.165, 1.54) is 42.5 Å². The Morgan fingerprint density at radius 3 is 2.78 bits per heavy atom. The van der Waals surface area contributed by atoms with Crippen molar-refractivity contribution >= 4 is 10.9 Å². The van der Waals surface area contributed by atoms with E-state index >= 15 is 0 Å². The fourth-order valence-corrected chi connectivity index (χ4v) is 3.43. The van der Waals surface area contributed by atoms with Gasteiger partial charge in [0.1, 0.15) is 5.75 Å². The summed E-state index contributed by atoms with van der Waals surface area (Å²) in [4.78, 5) is 2.55. The Bertz CT molecular complexity index is 631. The van der Waals surface area contributed by atoms with Crippen LogP contribution in [0.4, 0.5) is 0 Å². The van der Waals surface area contributed by atoms with Crippen LogP contribution in [0.2, 0.25) is 0 Å². The number of hydrogen-bond donors (Lipinski definition) is 2. The Morgan fingerprint density at radius 1 is 1.22 bits per heavy atom. The number of rotatable bonds is 7. The van der Waals surface area contributed by atoms with E-state index in [0.29, 0.717) is 6.54 Å². The summed E-state index contributed by atoms with van der Waals surface area (Å²) in [6.07, 6.45) is 4.57. The predicted octanol–water partition coefficient (Wildman–Crippen LogP) is 1.45. The van der Waals surface area contributed by atoms with Crippen LogP contribution in [-0.2, 0) is 13.0 Å². The van der Waals surface area contributed by atoms with Crippen LogP contribution in [0.1, 0.15) is 12.0 Å². The van der Waals surface area contributed by atoms with Crippen molar-refractivity contribution in [2.45, 2.75) is 19.4 Å². The van der Waals surface area contributed by atoms with Crippen LogP contribution in [0.15, 0.2) is 24.4 Å². The van der Waals surface area contributed by atoms with Gasteiger partial charge in [-0.25, -0.2) is 0 Å². The lowest BCUT2D eigenvalue weighted by molar-refractivity contribution is 0.238. The summed E-state index contributed by atoms with van der Waals surface area (Å²) in [5, 5.41) is 4.71. The molecule has 3 N–H and O–H groups in total. The van der Waals surface area contributed by atoms with E-state index < -0.39 is 0 Å². The number of methoxy groups -OCH3 is 1. The van der Waals surface area contributed by atoms with E-state index in [1.54, 1.807) is 7.11 Å². The molecule has 5 nitrogen and oxygen atoms in total. The molecule has 1 fully saturated rings. The number of nitrogens with one attached hydrogen (secondary N) is 1. The van der Waals surface area contributed by atoms with Crippen molar-refractivity contribution in [2.75, 3.05) is 46.4 Å². The maximum atomic E-state index is 5.76. The quantitative estimate of drug-likeness (QED) is 0.812. The van der Waals surface area contributed by atoms with Crippen LogP contribution in [0.3, 0.4) is 0 Å². The average Bonchev–Trinajstić information content (AvgIpc) is 2.93. The number of ether oxygens (including phenoxy) is 1. The zero-order valence-corrected chi connectivity index (χ0v) is 14.1. The van der Waals surface area contributed by atoms with Gasteiger partial charge >= 0.3 is 0 Å². The highest BCUT2D eigenvalue weighted by Gasteiger charge is 2.12. The summed E-state index contributed by atoms with van der Waals surface area (Å²) in [5.41, 5.74) is 8.42. The number of fused-ring (bicyclic) bond motifs is 1. The molecule has 2 heterocycles. The molecule has 2 aromatic rings. The molecule has 1 aromatic heterocycles. The summed E-state index contributed by atoms with van der Waals surface area (Å²) < 4.78 is 7.67. The van der Waals surface area contributed by atoms with Crippen LogP contribution >= 0.6 is 0 Å². The molecular formula is C18H28N4O. The number of benzene rings is 1. The summed E-state index contributed by atoms with van der Waals surface area (Å²) in [7, 11) is 1.72. The number of aromatic nitrogens is 1. The Morgan fingerprint density at radius 2 is 2.04 bits per heavy atom. The van der Waals surface area contributed by atoms with Gasteiger partial charge < -0.3 is 25.3 Å². The molecule has 1 saturated heterocycles. The van der Waals surface area contributed by atoms with Gasteiger partial charge in [0.15, 0.2) is 0 Å². The molecule has 0 aliphatic carbocycles. The van der Waals surface area contributed by atoms with Gasteiger partial charge in [-0.05, 0) is 43.1 Å². The topological polar surface area (TPSA) is 55.5 Å². The number of hydrogen-bond acceptors (Lipinski definition) is 4. The van der Waals surface area contributed by atoms with Gasteiger partial charge in [0, 0.05) is 56.4 Å². The molecule has 126 valence electrons. The van der Waals surface area contributed by atoms with E-state index in [-0.39, 0.29) is 0 Å². The van der Waals surface area contributed by atoms with Crippen LogP contribution < -0.4 is 15.8 Å². The van der Waals surface area contributed by atoms with Crippen LogP contribution in [0.5, 0.6) is 5.75 Å². The van der Waals surface area contributed by atoms with Gasteiger partial charge in [0.2, 0.25) is 0 Å². The highest BCUT2D eigenvalue weighted by molar-refractivity contribution is 5.85. The monoisotopic (exact) mass is 316 g/mol. The average molecular weight is 316 g/mol. The molecule has 0 unspecified atom stereocenters. The van der Waals surface area contributed by atoms with Gasteiger partial charge in [0.05, 0.1) is 7.11 Å². The van der Waals surface area contributed by atoms with Gasteiger partial charge in [0.25, 0.3) is 0 Å². The maximum Gasteiger partial charge on any atom is 0.119 e. The van der Waals surface area contributed by atoms with Crippen molar-refractivity contribution in [1.82, 2.24) is 14.8 Å². The first-order valence-electron chi connectivity index (χ1n) is 8.60. The minimum absolute atomic E-state index is 0.663. The second kappa shape index (κ2) is 7.81. The molecule has 0 saturated carbocycles. The molecule has 5 heteroatoms. The Labute approximate surface area is 138 Å². The van der Waals surface area contributed by atoms with Crippen LogP contribution in [-0.4, -0.2) is 55.8 Å². The lowest BCUT2D eigenvalue weighted by Gasteiger charge is -2.26. The lowest BCUT2D eigenvalue weighted by atomic mass is 10.1. The SMILES string of the molecule is COc1ccc2c(c1)c(CCCN1CCNCC1)cn2CCN. The van der Waals surface area contributed by atoms with Crippen molar-refractivity contribution in [2.24, 2.45) is 5.73 Å². The summed E-state index contributed by atoms with van der Waals surface area (Å²) in [6, 6.07) is 6.33. The highest BCUT2D eigenvalue weighted by Crippen LogP contribution is 2.27. The second-order valence-corrected chi connectivity index (χ2v) is 6.21. The zero-order chi connectivity index (χ0) is 16.1. The first-order chi connectivity index (χ1) is 11.3. The van der Waals surface area contributed by atoms with E-state index in [2.05, 4.69) is 33.1 Å². The van der Waals surface area contributed by atoms with Crippen molar-refractivity contribution in [3.63, 3.8) is 0 Å². The Balaban J connectivity index is 1.72. The van der Waals surface area contributed by atoms with Gasteiger partial charge in [-0.1, -0.05) is 0 Å². The van der Waals surface area contributed by atoms with E-state index in [0.717, 1.165) is 31.8 Å². The molecule has 23 heavy (non-hydrogen) atoms. The van der Waals surface area contributed by atoms with Crippen molar-refractivity contribution in [3.8, 4) is 5.75 Å². The molecule has 1 aliphatic rings. The Kier molecular flexibility index (Phi) is 5.54. The standard InChI is InChI=1S/C18H28N4O/c1-23-16-4-5-18-17(13-16)15(14-22(18)10-6-19)3-2-9-21-11-7-20-8-12-21/h4-5,13-14,20H,2-3,6-12,19H2,1H3. The van der Waals surface area contributed by atoms with E-state index in [4.69, 9.17) is 10.5 Å². The molecule has 3 rings (SSSR count). The zero-order valence-electron chi connectivity index (χ0n) is 14.1. The minimum atomic E-state index is 0.663. The number of piperazine rings is 1. The maximum absolute atomic E-state index is 5.76. The summed E-state index contributed by atoms with van der Waals surface area (Å²) in [6.45, 7) is 7.28. The van der Waals surface area contributed by atoms with Gasteiger partial charge in [-0.15, -0.1) is 0 Å². The number of aryl methyl sites for hydroxylation is 1. The smallest absolute Gasteiger partial charge is 0.119 e. The first kappa shape index (κ1) is 16.3. The molecule has 0 radical (unpaired) electrons. The molecule has 0 spiro atoms. The van der Waals surface area contributed by atoms with Gasteiger partial charge in [-0.3, -0.25) is 0 Å². The van der Waals surface area contributed by atoms with Crippen LogP contribution in [0, 0.1) is 0 Å². The third-order valence-corrected chi connectivity index (χ3v) is 4.67. The molecule has 0 amide bonds. The summed E-state index contributed by atoms with van der Waals surface area (Å²) in [5.74, 6) is 0.923. The van der Waals surface area contributed by atoms with Gasteiger partial charge in [-0.2, -0.15) is 0 Å². The fraction of sp³-hybridized carbons (Fsp3) is 0.556. The highest BCUT2D eigenvalue weighted by atomic mass is 16.5. The first-order valence-corrected chi connectivity index (χ1v) is 8.60. The normalized spacial score (nSPS) is 16.1. The number of nitrogens with zero attached hydrogens (tertiary/aromatic N) is 2. The third-order valence-electron chi connectivity index (χ3n) is 4.67. The second-order valence-electron chi connectivity index (χ2n) is 6.21. The molecule has 0 bridgehead atoms. The molecule has 1 aliphatic heterocycles. The van der Waals surface area contributed by atoms with E-state index in [9.17, 15) is 0 Å². The van der Waals surface area contributed by atoms with E-state index in [1.807, 2.05) is 6.07 Å². The Hall–Kier alpha value is -1.56. The molecule has 0 atom stereocenters.